The van der Waals surface area contributed by atoms with Crippen molar-refractivity contribution in [3.8, 4) is 5.75 Å². The van der Waals surface area contributed by atoms with E-state index in [0.717, 1.165) is 22.7 Å². The highest BCUT2D eigenvalue weighted by atomic mass is 16.5. The highest BCUT2D eigenvalue weighted by Crippen LogP contribution is 2.41. The number of nitrogens with zero attached hydrogens (tertiary/aromatic N) is 1. The standard InChI is InChI=1S/C12H13NO2/c1-2-14-10-5-3-4-9-11(10)15-12(13-9)8-6-7-8/h3-5,8H,2,6-7H2,1H3. The first-order valence-electron chi connectivity index (χ1n) is 5.40. The molecule has 15 heavy (non-hydrogen) atoms. The Labute approximate surface area is 88.1 Å². The number of oxazole rings is 1. The van der Waals surface area contributed by atoms with E-state index < -0.39 is 0 Å². The highest BCUT2D eigenvalue weighted by molar-refractivity contribution is 5.79. The summed E-state index contributed by atoms with van der Waals surface area (Å²) in [5.41, 5.74) is 1.70. The van der Waals surface area contributed by atoms with Crippen molar-refractivity contribution in [2.45, 2.75) is 25.7 Å². The monoisotopic (exact) mass is 203 g/mol. The van der Waals surface area contributed by atoms with Crippen molar-refractivity contribution in [1.29, 1.82) is 0 Å². The van der Waals surface area contributed by atoms with E-state index in [9.17, 15) is 0 Å². The summed E-state index contributed by atoms with van der Waals surface area (Å²) in [6.07, 6.45) is 2.41. The van der Waals surface area contributed by atoms with E-state index in [1.165, 1.54) is 12.8 Å². The number of ether oxygens (including phenoxy) is 1. The third-order valence-electron chi connectivity index (χ3n) is 2.62. The van der Waals surface area contributed by atoms with Gasteiger partial charge in [-0.05, 0) is 31.9 Å². The van der Waals surface area contributed by atoms with E-state index in [1.54, 1.807) is 0 Å². The molecular weight excluding hydrogens is 190 g/mol. The quantitative estimate of drug-likeness (QED) is 0.768. The zero-order chi connectivity index (χ0) is 10.3. The fourth-order valence-corrected chi connectivity index (χ4v) is 1.72. The molecule has 1 aromatic carbocycles. The minimum absolute atomic E-state index is 0.548. The molecule has 1 fully saturated rings. The molecule has 0 aliphatic heterocycles. The van der Waals surface area contributed by atoms with Crippen LogP contribution in [0.5, 0.6) is 5.75 Å². The topological polar surface area (TPSA) is 35.3 Å². The van der Waals surface area contributed by atoms with E-state index in [0.29, 0.717) is 12.5 Å². The van der Waals surface area contributed by atoms with Crippen LogP contribution in [0.1, 0.15) is 31.6 Å². The van der Waals surface area contributed by atoms with Crippen molar-refractivity contribution < 1.29 is 9.15 Å². The van der Waals surface area contributed by atoms with Crippen LogP contribution in [-0.2, 0) is 0 Å². The summed E-state index contributed by atoms with van der Waals surface area (Å²) >= 11 is 0. The molecule has 1 aromatic heterocycles. The molecule has 2 aromatic rings. The Bertz CT molecular complexity index is 485. The van der Waals surface area contributed by atoms with Gasteiger partial charge in [-0.15, -0.1) is 0 Å². The number of rotatable bonds is 3. The number of benzene rings is 1. The molecule has 0 unspecified atom stereocenters. The van der Waals surface area contributed by atoms with E-state index >= 15 is 0 Å². The van der Waals surface area contributed by atoms with Crippen LogP contribution in [0.15, 0.2) is 22.6 Å². The Balaban J connectivity index is 2.11. The number of aromatic nitrogens is 1. The number of hydrogen-bond donors (Lipinski definition) is 0. The van der Waals surface area contributed by atoms with Gasteiger partial charge in [0.1, 0.15) is 5.52 Å². The third-order valence-corrected chi connectivity index (χ3v) is 2.62. The first-order valence-corrected chi connectivity index (χ1v) is 5.40. The summed E-state index contributed by atoms with van der Waals surface area (Å²) in [5.74, 6) is 2.22. The molecule has 1 saturated carbocycles. The lowest BCUT2D eigenvalue weighted by molar-refractivity contribution is 0.337. The number of para-hydroxylation sites is 1. The van der Waals surface area contributed by atoms with Gasteiger partial charge < -0.3 is 9.15 Å². The van der Waals surface area contributed by atoms with E-state index in [2.05, 4.69) is 4.98 Å². The first kappa shape index (κ1) is 8.77. The zero-order valence-electron chi connectivity index (χ0n) is 8.69. The van der Waals surface area contributed by atoms with Crippen LogP contribution >= 0.6 is 0 Å². The Kier molecular flexibility index (Phi) is 1.91. The number of fused-ring (bicyclic) bond motifs is 1. The summed E-state index contributed by atoms with van der Waals surface area (Å²) in [6.45, 7) is 2.62. The van der Waals surface area contributed by atoms with E-state index in [1.807, 2.05) is 25.1 Å². The summed E-state index contributed by atoms with van der Waals surface area (Å²) < 4.78 is 11.2. The van der Waals surface area contributed by atoms with Gasteiger partial charge in [-0.25, -0.2) is 4.98 Å². The SMILES string of the molecule is CCOc1cccc2nc(C3CC3)oc12. The van der Waals surface area contributed by atoms with Gasteiger partial charge in [0.25, 0.3) is 0 Å². The lowest BCUT2D eigenvalue weighted by Crippen LogP contribution is -1.90. The molecular formula is C12H13NO2. The van der Waals surface area contributed by atoms with Crippen LogP contribution in [0.2, 0.25) is 0 Å². The fourth-order valence-electron chi connectivity index (χ4n) is 1.72. The van der Waals surface area contributed by atoms with Gasteiger partial charge in [-0.3, -0.25) is 0 Å². The minimum atomic E-state index is 0.548. The molecule has 78 valence electrons. The smallest absolute Gasteiger partial charge is 0.198 e. The van der Waals surface area contributed by atoms with Gasteiger partial charge in [-0.1, -0.05) is 6.07 Å². The molecule has 3 rings (SSSR count). The van der Waals surface area contributed by atoms with Gasteiger partial charge in [-0.2, -0.15) is 0 Å². The predicted molar refractivity (Wildman–Crippen MR) is 57.2 cm³/mol. The van der Waals surface area contributed by atoms with Crippen LogP contribution < -0.4 is 4.74 Å². The molecule has 0 bridgehead atoms. The van der Waals surface area contributed by atoms with Gasteiger partial charge in [0.05, 0.1) is 6.61 Å². The van der Waals surface area contributed by atoms with Gasteiger partial charge in [0.2, 0.25) is 0 Å². The normalized spacial score (nSPS) is 15.8. The van der Waals surface area contributed by atoms with Crippen LogP contribution in [0.3, 0.4) is 0 Å². The Morgan fingerprint density at radius 1 is 1.47 bits per heavy atom. The first-order chi connectivity index (χ1) is 7.38. The maximum atomic E-state index is 5.74. The van der Waals surface area contributed by atoms with Crippen molar-refractivity contribution in [3.63, 3.8) is 0 Å². The van der Waals surface area contributed by atoms with Gasteiger partial charge in [0.15, 0.2) is 17.2 Å². The summed E-state index contributed by atoms with van der Waals surface area (Å²) in [6, 6.07) is 5.84. The summed E-state index contributed by atoms with van der Waals surface area (Å²) in [7, 11) is 0. The molecule has 0 amide bonds. The average molecular weight is 203 g/mol. The van der Waals surface area contributed by atoms with Gasteiger partial charge in [0, 0.05) is 5.92 Å². The summed E-state index contributed by atoms with van der Waals surface area (Å²) in [5, 5.41) is 0. The Morgan fingerprint density at radius 2 is 2.33 bits per heavy atom. The zero-order valence-corrected chi connectivity index (χ0v) is 8.69. The molecule has 1 aliphatic rings. The molecule has 0 saturated heterocycles. The van der Waals surface area contributed by atoms with Crippen molar-refractivity contribution in [2.24, 2.45) is 0 Å². The van der Waals surface area contributed by atoms with Crippen LogP contribution in [0, 0.1) is 0 Å². The fraction of sp³-hybridized carbons (Fsp3) is 0.417. The summed E-state index contributed by atoms with van der Waals surface area (Å²) in [4.78, 5) is 4.47. The molecule has 0 atom stereocenters. The maximum Gasteiger partial charge on any atom is 0.198 e. The van der Waals surface area contributed by atoms with E-state index in [4.69, 9.17) is 9.15 Å². The Morgan fingerprint density at radius 3 is 3.07 bits per heavy atom. The Hall–Kier alpha value is -1.51. The molecule has 0 spiro atoms. The molecule has 0 N–H and O–H groups in total. The second-order valence-corrected chi connectivity index (χ2v) is 3.86. The van der Waals surface area contributed by atoms with Crippen LogP contribution in [0.25, 0.3) is 11.1 Å². The molecule has 0 radical (unpaired) electrons. The van der Waals surface area contributed by atoms with E-state index in [-0.39, 0.29) is 0 Å². The highest BCUT2D eigenvalue weighted by Gasteiger charge is 2.29. The van der Waals surface area contributed by atoms with Crippen molar-refractivity contribution >= 4 is 11.1 Å². The third kappa shape index (κ3) is 1.48. The molecule has 1 heterocycles. The van der Waals surface area contributed by atoms with Gasteiger partial charge >= 0.3 is 0 Å². The van der Waals surface area contributed by atoms with Crippen LogP contribution in [0.4, 0.5) is 0 Å². The predicted octanol–water partition coefficient (Wildman–Crippen LogP) is 3.10. The molecule has 3 nitrogen and oxygen atoms in total. The molecule has 1 aliphatic carbocycles. The lowest BCUT2D eigenvalue weighted by atomic mass is 10.3. The largest absolute Gasteiger partial charge is 0.490 e. The van der Waals surface area contributed by atoms with Crippen molar-refractivity contribution in [3.05, 3.63) is 24.1 Å². The van der Waals surface area contributed by atoms with Crippen LogP contribution in [-0.4, -0.2) is 11.6 Å². The average Bonchev–Trinajstić information content (AvgIpc) is 2.99. The van der Waals surface area contributed by atoms with Crippen molar-refractivity contribution in [1.82, 2.24) is 4.98 Å². The van der Waals surface area contributed by atoms with Crippen molar-refractivity contribution in [2.75, 3.05) is 6.61 Å². The minimum Gasteiger partial charge on any atom is -0.490 e. The second-order valence-electron chi connectivity index (χ2n) is 3.86. The second kappa shape index (κ2) is 3.26. The maximum absolute atomic E-state index is 5.74. The number of hydrogen-bond acceptors (Lipinski definition) is 3. The lowest BCUT2D eigenvalue weighted by Gasteiger charge is -2.01. The molecule has 3 heteroatoms.